The Morgan fingerprint density at radius 2 is 0.640 bits per heavy atom. The fraction of sp³-hybridized carbons (Fsp3) is 1.00. The Bertz CT molecular complexity index is 435. The molecule has 0 amide bonds. The standard InChI is InChI=1S/C8HF17/c9-1(10)2(11,5(14,15)16)4(12,13)3(6(17,18)19,7(20,21)22)8(23,24)25/h1H/t2-/m1/s1. The monoisotopic (exact) mass is 420 g/mol. The summed E-state index contributed by atoms with van der Waals surface area (Å²) < 4.78 is 211. The summed E-state index contributed by atoms with van der Waals surface area (Å²) in [6.07, 6.45) is -39.6. The predicted octanol–water partition coefficient (Wildman–Crippen LogP) is 5.83. The van der Waals surface area contributed by atoms with E-state index >= 15 is 0 Å². The summed E-state index contributed by atoms with van der Waals surface area (Å²) in [6, 6.07) is 0. The Labute approximate surface area is 124 Å². The van der Waals surface area contributed by atoms with E-state index in [1.165, 1.54) is 0 Å². The normalized spacial score (nSPS) is 18.5. The van der Waals surface area contributed by atoms with Gasteiger partial charge in [0.2, 0.25) is 0 Å². The molecule has 0 aromatic carbocycles. The van der Waals surface area contributed by atoms with Crippen LogP contribution in [-0.2, 0) is 0 Å². The van der Waals surface area contributed by atoms with Crippen LogP contribution in [-0.4, -0.2) is 42.7 Å². The van der Waals surface area contributed by atoms with Gasteiger partial charge in [-0.1, -0.05) is 0 Å². The van der Waals surface area contributed by atoms with Crippen molar-refractivity contribution in [3.63, 3.8) is 0 Å². The molecule has 0 rings (SSSR count). The van der Waals surface area contributed by atoms with E-state index in [0.717, 1.165) is 0 Å². The van der Waals surface area contributed by atoms with Crippen molar-refractivity contribution in [1.82, 2.24) is 0 Å². The van der Waals surface area contributed by atoms with Crippen molar-refractivity contribution in [1.29, 1.82) is 0 Å². The average Bonchev–Trinajstić information content (AvgIpc) is 2.18. The number of alkyl halides is 17. The molecule has 17 heteroatoms. The molecule has 0 saturated carbocycles. The lowest BCUT2D eigenvalue weighted by atomic mass is 9.71. The molecule has 0 aliphatic heterocycles. The number of hydrogen-bond acceptors (Lipinski definition) is 0. The molecular weight excluding hydrogens is 419 g/mol. The van der Waals surface area contributed by atoms with Gasteiger partial charge < -0.3 is 0 Å². The first-order valence-corrected chi connectivity index (χ1v) is 5.06. The summed E-state index contributed by atoms with van der Waals surface area (Å²) in [5.41, 5.74) is -16.9. The van der Waals surface area contributed by atoms with Gasteiger partial charge in [-0.15, -0.1) is 0 Å². The van der Waals surface area contributed by atoms with Crippen LogP contribution in [0.4, 0.5) is 74.6 Å². The molecule has 0 aliphatic rings. The molecule has 25 heavy (non-hydrogen) atoms. The fourth-order valence-corrected chi connectivity index (χ4v) is 1.73. The first-order chi connectivity index (χ1) is 10.4. The minimum atomic E-state index is -8.79. The van der Waals surface area contributed by atoms with Gasteiger partial charge >= 0.3 is 41.7 Å². The molecule has 0 spiro atoms. The number of hydrogen-bond donors (Lipinski definition) is 0. The first kappa shape index (κ1) is 23.8. The highest BCUT2D eigenvalue weighted by Crippen LogP contribution is 2.71. The number of halogens is 17. The summed E-state index contributed by atoms with van der Waals surface area (Å²) in [7, 11) is 0. The molecule has 0 unspecified atom stereocenters. The quantitative estimate of drug-likeness (QED) is 0.505. The lowest BCUT2D eigenvalue weighted by molar-refractivity contribution is -0.505. The van der Waals surface area contributed by atoms with Crippen molar-refractivity contribution in [3.05, 3.63) is 0 Å². The highest BCUT2D eigenvalue weighted by molar-refractivity contribution is 5.18. The van der Waals surface area contributed by atoms with Crippen molar-refractivity contribution in [2.45, 2.75) is 42.7 Å². The second kappa shape index (κ2) is 5.65. The van der Waals surface area contributed by atoms with Crippen LogP contribution < -0.4 is 0 Å². The summed E-state index contributed by atoms with van der Waals surface area (Å²) in [5, 5.41) is 0. The third kappa shape index (κ3) is 2.86. The lowest BCUT2D eigenvalue weighted by Crippen LogP contribution is -2.78. The minimum absolute atomic E-state index is 6.44. The average molecular weight is 420 g/mol. The molecule has 0 aromatic rings. The lowest BCUT2D eigenvalue weighted by Gasteiger charge is -2.47. The SMILES string of the molecule is FC(F)[C@](F)(C(F)(F)F)C(F)(F)C(C(F)(F)F)(C(F)(F)F)C(F)(F)F. The summed E-state index contributed by atoms with van der Waals surface area (Å²) >= 11 is 0. The second-order valence-electron chi connectivity index (χ2n) is 4.33. The molecule has 1 atom stereocenters. The molecular formula is C8HF17. The van der Waals surface area contributed by atoms with Crippen LogP contribution in [0, 0.1) is 5.41 Å². The molecule has 0 heterocycles. The van der Waals surface area contributed by atoms with Crippen LogP contribution >= 0.6 is 0 Å². The van der Waals surface area contributed by atoms with Gasteiger partial charge in [0.05, 0.1) is 0 Å². The molecule has 0 N–H and O–H groups in total. The van der Waals surface area contributed by atoms with E-state index in [9.17, 15) is 74.6 Å². The van der Waals surface area contributed by atoms with E-state index < -0.39 is 48.1 Å². The third-order valence-electron chi connectivity index (χ3n) is 2.92. The Balaban J connectivity index is 7.42. The highest BCUT2D eigenvalue weighted by Gasteiger charge is 3.00. The molecule has 0 saturated heterocycles. The zero-order chi connectivity index (χ0) is 21.1. The van der Waals surface area contributed by atoms with E-state index in [0.29, 0.717) is 0 Å². The Morgan fingerprint density at radius 1 is 0.400 bits per heavy atom. The molecule has 0 fully saturated rings. The van der Waals surface area contributed by atoms with Gasteiger partial charge in [-0.3, -0.25) is 0 Å². The van der Waals surface area contributed by atoms with E-state index in [2.05, 4.69) is 0 Å². The Morgan fingerprint density at radius 3 is 0.760 bits per heavy atom. The van der Waals surface area contributed by atoms with Crippen molar-refractivity contribution >= 4 is 0 Å². The maximum Gasteiger partial charge on any atom is 0.434 e. The van der Waals surface area contributed by atoms with Crippen LogP contribution in [0.3, 0.4) is 0 Å². The molecule has 0 nitrogen and oxygen atoms in total. The van der Waals surface area contributed by atoms with Crippen molar-refractivity contribution in [3.8, 4) is 0 Å². The Hall–Kier alpha value is -1.19. The van der Waals surface area contributed by atoms with Gasteiger partial charge in [-0.25, -0.2) is 22.0 Å². The van der Waals surface area contributed by atoms with Crippen LogP contribution in [0.15, 0.2) is 0 Å². The second-order valence-corrected chi connectivity index (χ2v) is 4.33. The molecule has 152 valence electrons. The van der Waals surface area contributed by atoms with Crippen molar-refractivity contribution < 1.29 is 74.6 Å². The van der Waals surface area contributed by atoms with Crippen LogP contribution in [0.2, 0.25) is 0 Å². The van der Waals surface area contributed by atoms with E-state index in [-0.39, 0.29) is 0 Å². The van der Waals surface area contributed by atoms with Gasteiger partial charge in [0.1, 0.15) is 0 Å². The van der Waals surface area contributed by atoms with Gasteiger partial charge in [-0.05, 0) is 0 Å². The van der Waals surface area contributed by atoms with Crippen LogP contribution in [0.25, 0.3) is 0 Å². The van der Waals surface area contributed by atoms with Crippen molar-refractivity contribution in [2.24, 2.45) is 5.41 Å². The molecule has 0 radical (unpaired) electrons. The summed E-state index contributed by atoms with van der Waals surface area (Å²) in [6.45, 7) is 0. The van der Waals surface area contributed by atoms with Gasteiger partial charge in [0, 0.05) is 0 Å². The zero-order valence-corrected chi connectivity index (χ0v) is 10.5. The molecule has 0 aromatic heterocycles. The van der Waals surface area contributed by atoms with Gasteiger partial charge in [0.15, 0.2) is 0 Å². The summed E-state index contributed by atoms with van der Waals surface area (Å²) in [5.74, 6) is -8.79. The van der Waals surface area contributed by atoms with Crippen LogP contribution in [0.1, 0.15) is 0 Å². The predicted molar refractivity (Wildman–Crippen MR) is 41.4 cm³/mol. The topological polar surface area (TPSA) is 0 Å². The highest BCUT2D eigenvalue weighted by atomic mass is 19.4. The van der Waals surface area contributed by atoms with E-state index in [1.54, 1.807) is 0 Å². The molecule has 0 bridgehead atoms. The molecule has 0 aliphatic carbocycles. The maximum absolute atomic E-state index is 13.3. The first-order valence-electron chi connectivity index (χ1n) is 5.06. The van der Waals surface area contributed by atoms with Crippen LogP contribution in [0.5, 0.6) is 0 Å². The smallest absolute Gasteiger partial charge is 0.220 e. The zero-order valence-electron chi connectivity index (χ0n) is 10.5. The van der Waals surface area contributed by atoms with Crippen molar-refractivity contribution in [2.75, 3.05) is 0 Å². The number of rotatable bonds is 3. The fourth-order valence-electron chi connectivity index (χ4n) is 1.73. The van der Waals surface area contributed by atoms with E-state index in [1.807, 2.05) is 0 Å². The Kier molecular flexibility index (Phi) is 5.38. The largest absolute Gasteiger partial charge is 0.434 e. The maximum atomic E-state index is 13.3. The van der Waals surface area contributed by atoms with Gasteiger partial charge in [0.25, 0.3) is 6.43 Å². The van der Waals surface area contributed by atoms with Gasteiger partial charge in [-0.2, -0.15) is 52.7 Å². The summed E-state index contributed by atoms with van der Waals surface area (Å²) in [4.78, 5) is 0. The third-order valence-corrected chi connectivity index (χ3v) is 2.92. The minimum Gasteiger partial charge on any atom is -0.220 e. The van der Waals surface area contributed by atoms with E-state index in [4.69, 9.17) is 0 Å².